The Labute approximate surface area is 158 Å². The molecule has 0 N–H and O–H groups in total. The zero-order valence-corrected chi connectivity index (χ0v) is 15.5. The van der Waals surface area contributed by atoms with Crippen LogP contribution in [-0.4, -0.2) is 50.2 Å². The molecule has 0 saturated carbocycles. The Balaban J connectivity index is 1.51. The summed E-state index contributed by atoms with van der Waals surface area (Å²) in [7, 11) is -3.53. The first-order chi connectivity index (χ1) is 13.1. The van der Waals surface area contributed by atoms with Crippen molar-refractivity contribution in [1.29, 1.82) is 0 Å². The predicted molar refractivity (Wildman–Crippen MR) is 105 cm³/mol. The number of sulfonamides is 1. The number of carbonyl (C=O) groups excluding carboxylic acids is 1. The molecule has 2 heterocycles. The highest BCUT2D eigenvalue weighted by molar-refractivity contribution is 7.89. The van der Waals surface area contributed by atoms with Gasteiger partial charge in [0.25, 0.3) is 0 Å². The maximum absolute atomic E-state index is 13.0. The molecule has 0 amide bonds. The molecule has 0 unspecified atom stereocenters. The molecule has 138 valence electrons. The van der Waals surface area contributed by atoms with Gasteiger partial charge in [-0.1, -0.05) is 30.3 Å². The SMILES string of the molecule is O=Cc1ccc(N2CCN(S(=O)(=O)c3ccc4ccccc4c3)CC2)nc1. The lowest BCUT2D eigenvalue weighted by molar-refractivity contribution is 0.112. The average Bonchev–Trinajstić information content (AvgIpc) is 2.73. The molecule has 4 rings (SSSR count). The third kappa shape index (κ3) is 3.43. The number of carbonyl (C=O) groups is 1. The quantitative estimate of drug-likeness (QED) is 0.650. The summed E-state index contributed by atoms with van der Waals surface area (Å²) in [6, 6.07) is 16.5. The van der Waals surface area contributed by atoms with Crippen LogP contribution in [0.1, 0.15) is 10.4 Å². The molecule has 2 aromatic carbocycles. The zero-order valence-electron chi connectivity index (χ0n) is 14.7. The predicted octanol–water partition coefficient (Wildman–Crippen LogP) is 2.56. The van der Waals surface area contributed by atoms with Crippen molar-refractivity contribution in [3.63, 3.8) is 0 Å². The molecule has 1 saturated heterocycles. The number of hydrogen-bond acceptors (Lipinski definition) is 5. The molecule has 3 aromatic rings. The lowest BCUT2D eigenvalue weighted by Crippen LogP contribution is -2.48. The van der Waals surface area contributed by atoms with Gasteiger partial charge in [-0.3, -0.25) is 4.79 Å². The van der Waals surface area contributed by atoms with Gasteiger partial charge in [0.1, 0.15) is 5.82 Å². The van der Waals surface area contributed by atoms with E-state index in [0.717, 1.165) is 22.9 Å². The van der Waals surface area contributed by atoms with Crippen molar-refractivity contribution < 1.29 is 13.2 Å². The summed E-state index contributed by atoms with van der Waals surface area (Å²) >= 11 is 0. The first kappa shape index (κ1) is 17.6. The Hall–Kier alpha value is -2.77. The summed E-state index contributed by atoms with van der Waals surface area (Å²) in [5.74, 6) is 0.753. The first-order valence-corrected chi connectivity index (χ1v) is 10.2. The molecule has 0 aliphatic carbocycles. The summed E-state index contributed by atoms with van der Waals surface area (Å²) in [5.41, 5.74) is 0.524. The van der Waals surface area contributed by atoms with Gasteiger partial charge < -0.3 is 4.90 Å². The molecule has 0 bridgehead atoms. The zero-order chi connectivity index (χ0) is 18.9. The van der Waals surface area contributed by atoms with Gasteiger partial charge in [-0.05, 0) is 35.0 Å². The van der Waals surface area contributed by atoms with Crippen LogP contribution in [0.4, 0.5) is 5.82 Å². The highest BCUT2D eigenvalue weighted by Gasteiger charge is 2.29. The summed E-state index contributed by atoms with van der Waals surface area (Å²) in [5, 5.41) is 1.93. The summed E-state index contributed by atoms with van der Waals surface area (Å²) < 4.78 is 27.5. The van der Waals surface area contributed by atoms with Gasteiger partial charge in [0.2, 0.25) is 10.0 Å². The maximum atomic E-state index is 13.0. The van der Waals surface area contributed by atoms with Crippen molar-refractivity contribution in [3.05, 3.63) is 66.4 Å². The van der Waals surface area contributed by atoms with E-state index in [1.165, 1.54) is 10.5 Å². The van der Waals surface area contributed by atoms with Crippen molar-refractivity contribution in [2.75, 3.05) is 31.1 Å². The Morgan fingerprint density at radius 1 is 0.889 bits per heavy atom. The standard InChI is InChI=1S/C20H19N3O3S/c24-15-16-5-8-20(21-14-16)22-9-11-23(12-10-22)27(25,26)19-7-6-17-3-1-2-4-18(17)13-19/h1-8,13-15H,9-12H2. The molecule has 1 aromatic heterocycles. The second kappa shape index (κ2) is 7.09. The van der Waals surface area contributed by atoms with Crippen molar-refractivity contribution in [2.24, 2.45) is 0 Å². The van der Waals surface area contributed by atoms with Crippen molar-refractivity contribution in [1.82, 2.24) is 9.29 Å². The van der Waals surface area contributed by atoms with Crippen LogP contribution in [0.5, 0.6) is 0 Å². The van der Waals surface area contributed by atoms with Crippen LogP contribution in [-0.2, 0) is 10.0 Å². The van der Waals surface area contributed by atoms with Crippen LogP contribution in [0, 0.1) is 0 Å². The third-order valence-electron chi connectivity index (χ3n) is 4.83. The number of fused-ring (bicyclic) bond motifs is 1. The lowest BCUT2D eigenvalue weighted by Gasteiger charge is -2.34. The fourth-order valence-corrected chi connectivity index (χ4v) is 4.75. The molecular weight excluding hydrogens is 362 g/mol. The Morgan fingerprint density at radius 3 is 2.30 bits per heavy atom. The van der Waals surface area contributed by atoms with Crippen molar-refractivity contribution in [3.8, 4) is 0 Å². The van der Waals surface area contributed by atoms with Gasteiger partial charge >= 0.3 is 0 Å². The highest BCUT2D eigenvalue weighted by Crippen LogP contribution is 2.23. The molecular formula is C20H19N3O3S. The van der Waals surface area contributed by atoms with Crippen molar-refractivity contribution >= 4 is 32.9 Å². The molecule has 1 aliphatic rings. The van der Waals surface area contributed by atoms with E-state index in [-0.39, 0.29) is 0 Å². The van der Waals surface area contributed by atoms with E-state index in [0.29, 0.717) is 36.6 Å². The monoisotopic (exact) mass is 381 g/mol. The third-order valence-corrected chi connectivity index (χ3v) is 6.72. The van der Waals surface area contributed by atoms with Crippen molar-refractivity contribution in [2.45, 2.75) is 4.90 Å². The van der Waals surface area contributed by atoms with Gasteiger partial charge in [0.05, 0.1) is 4.90 Å². The number of anilines is 1. The van der Waals surface area contributed by atoms with E-state index < -0.39 is 10.0 Å². The van der Waals surface area contributed by atoms with E-state index in [9.17, 15) is 13.2 Å². The molecule has 1 aliphatic heterocycles. The topological polar surface area (TPSA) is 70.6 Å². The number of hydrogen-bond donors (Lipinski definition) is 0. The number of nitrogens with zero attached hydrogens (tertiary/aromatic N) is 3. The van der Waals surface area contributed by atoms with Crippen LogP contribution in [0.25, 0.3) is 10.8 Å². The minimum absolute atomic E-state index is 0.322. The van der Waals surface area contributed by atoms with E-state index in [1.807, 2.05) is 35.2 Å². The second-order valence-corrected chi connectivity index (χ2v) is 8.41. The molecule has 0 atom stereocenters. The Morgan fingerprint density at radius 2 is 1.63 bits per heavy atom. The number of rotatable bonds is 4. The lowest BCUT2D eigenvalue weighted by atomic mass is 10.1. The van der Waals surface area contributed by atoms with Crippen LogP contribution in [0.2, 0.25) is 0 Å². The van der Waals surface area contributed by atoms with Gasteiger partial charge in [0, 0.05) is 37.9 Å². The molecule has 1 fully saturated rings. The fourth-order valence-electron chi connectivity index (χ4n) is 3.29. The molecule has 0 radical (unpaired) electrons. The molecule has 6 nitrogen and oxygen atoms in total. The summed E-state index contributed by atoms with van der Waals surface area (Å²) in [6.07, 6.45) is 2.28. The first-order valence-electron chi connectivity index (χ1n) is 8.73. The van der Waals surface area contributed by atoms with E-state index in [2.05, 4.69) is 4.98 Å². The Bertz CT molecular complexity index is 1070. The smallest absolute Gasteiger partial charge is 0.243 e. The number of pyridine rings is 1. The van der Waals surface area contributed by atoms with Gasteiger partial charge in [0.15, 0.2) is 6.29 Å². The largest absolute Gasteiger partial charge is 0.354 e. The number of aldehydes is 1. The van der Waals surface area contributed by atoms with Gasteiger partial charge in [-0.25, -0.2) is 13.4 Å². The van der Waals surface area contributed by atoms with E-state index in [4.69, 9.17) is 0 Å². The van der Waals surface area contributed by atoms with Crippen LogP contribution >= 0.6 is 0 Å². The van der Waals surface area contributed by atoms with Crippen LogP contribution in [0.15, 0.2) is 65.7 Å². The second-order valence-electron chi connectivity index (χ2n) is 6.47. The average molecular weight is 381 g/mol. The fraction of sp³-hybridized carbons (Fsp3) is 0.200. The molecule has 0 spiro atoms. The molecule has 7 heteroatoms. The van der Waals surface area contributed by atoms with Crippen LogP contribution < -0.4 is 4.90 Å². The Kier molecular flexibility index (Phi) is 4.63. The maximum Gasteiger partial charge on any atom is 0.243 e. The summed E-state index contributed by atoms with van der Waals surface area (Å²) in [4.78, 5) is 17.4. The van der Waals surface area contributed by atoms with Gasteiger partial charge in [-0.15, -0.1) is 0 Å². The van der Waals surface area contributed by atoms with E-state index in [1.54, 1.807) is 24.3 Å². The highest BCUT2D eigenvalue weighted by atomic mass is 32.2. The van der Waals surface area contributed by atoms with Gasteiger partial charge in [-0.2, -0.15) is 4.31 Å². The normalized spacial score (nSPS) is 15.8. The molecule has 27 heavy (non-hydrogen) atoms. The van der Waals surface area contributed by atoms with Crippen LogP contribution in [0.3, 0.4) is 0 Å². The number of benzene rings is 2. The number of aromatic nitrogens is 1. The number of piperazine rings is 1. The summed E-state index contributed by atoms with van der Waals surface area (Å²) in [6.45, 7) is 1.90. The minimum Gasteiger partial charge on any atom is -0.354 e. The van der Waals surface area contributed by atoms with E-state index >= 15 is 0 Å². The minimum atomic E-state index is -3.53.